The average molecular weight is 286 g/mol. The molecule has 1 N–H and O–H groups in total. The van der Waals surface area contributed by atoms with E-state index in [-0.39, 0.29) is 0 Å². The number of rotatable bonds is 8. The third-order valence-corrected chi connectivity index (χ3v) is 3.76. The molecule has 1 heterocycles. The van der Waals surface area contributed by atoms with Crippen LogP contribution in [0.25, 0.3) is 0 Å². The highest BCUT2D eigenvalue weighted by Crippen LogP contribution is 2.22. The third-order valence-electron chi connectivity index (χ3n) is 3.76. The summed E-state index contributed by atoms with van der Waals surface area (Å²) in [6.45, 7) is 7.32. The van der Waals surface area contributed by atoms with Crippen molar-refractivity contribution in [3.63, 3.8) is 0 Å². The first-order chi connectivity index (χ1) is 10.2. The molecule has 0 saturated heterocycles. The highest BCUT2D eigenvalue weighted by molar-refractivity contribution is 5.19. The van der Waals surface area contributed by atoms with Crippen LogP contribution < -0.4 is 5.32 Å². The summed E-state index contributed by atoms with van der Waals surface area (Å²) in [4.78, 5) is 2.32. The second-order valence-corrected chi connectivity index (χ2v) is 5.70. The van der Waals surface area contributed by atoms with Crippen molar-refractivity contribution < 1.29 is 4.42 Å². The molecule has 0 spiro atoms. The molecule has 2 unspecified atom stereocenters. The number of hydrogen-bond donors (Lipinski definition) is 1. The first-order valence-electron chi connectivity index (χ1n) is 7.70. The molecule has 0 aliphatic rings. The van der Waals surface area contributed by atoms with E-state index in [1.807, 2.05) is 12.1 Å². The van der Waals surface area contributed by atoms with E-state index in [2.05, 4.69) is 61.4 Å². The van der Waals surface area contributed by atoms with Crippen LogP contribution in [0.1, 0.15) is 31.2 Å². The smallest absolute Gasteiger partial charge is 0.117 e. The van der Waals surface area contributed by atoms with Gasteiger partial charge in [0.15, 0.2) is 0 Å². The molecule has 2 aromatic rings. The van der Waals surface area contributed by atoms with Crippen molar-refractivity contribution in [1.82, 2.24) is 10.2 Å². The molecular weight excluding hydrogens is 260 g/mol. The fraction of sp³-hybridized carbons (Fsp3) is 0.444. The van der Waals surface area contributed by atoms with E-state index in [0.717, 1.165) is 25.4 Å². The number of benzene rings is 1. The number of hydrogen-bond acceptors (Lipinski definition) is 3. The molecule has 21 heavy (non-hydrogen) atoms. The molecular formula is C18H26N2O. The lowest BCUT2D eigenvalue weighted by atomic mass is 9.94. The summed E-state index contributed by atoms with van der Waals surface area (Å²) >= 11 is 0. The first-order valence-corrected chi connectivity index (χ1v) is 7.70. The van der Waals surface area contributed by atoms with E-state index in [9.17, 15) is 0 Å². The van der Waals surface area contributed by atoms with Gasteiger partial charge in [-0.2, -0.15) is 0 Å². The Morgan fingerprint density at radius 3 is 2.52 bits per heavy atom. The SMILES string of the molecule is CCNC(c1ccccc1)C(C)CN(C)Cc1ccco1. The van der Waals surface area contributed by atoms with Gasteiger partial charge in [-0.15, -0.1) is 0 Å². The maximum absolute atomic E-state index is 5.42. The van der Waals surface area contributed by atoms with Gasteiger partial charge < -0.3 is 9.73 Å². The lowest BCUT2D eigenvalue weighted by Gasteiger charge is -2.29. The molecule has 0 aliphatic carbocycles. The van der Waals surface area contributed by atoms with Crippen molar-refractivity contribution >= 4 is 0 Å². The van der Waals surface area contributed by atoms with Crippen molar-refractivity contribution in [2.75, 3.05) is 20.1 Å². The zero-order valence-corrected chi connectivity index (χ0v) is 13.3. The summed E-state index contributed by atoms with van der Waals surface area (Å²) < 4.78 is 5.42. The predicted octanol–water partition coefficient (Wildman–Crippen LogP) is 3.70. The van der Waals surface area contributed by atoms with Crippen LogP contribution >= 0.6 is 0 Å². The van der Waals surface area contributed by atoms with Gasteiger partial charge in [-0.1, -0.05) is 44.2 Å². The summed E-state index contributed by atoms with van der Waals surface area (Å²) in [5.74, 6) is 1.54. The summed E-state index contributed by atoms with van der Waals surface area (Å²) in [6.07, 6.45) is 1.73. The molecule has 0 fully saturated rings. The van der Waals surface area contributed by atoms with Gasteiger partial charge in [0.25, 0.3) is 0 Å². The van der Waals surface area contributed by atoms with Crippen LogP contribution in [0.15, 0.2) is 53.1 Å². The van der Waals surface area contributed by atoms with Crippen molar-refractivity contribution in [3.05, 3.63) is 60.1 Å². The van der Waals surface area contributed by atoms with Gasteiger partial charge >= 0.3 is 0 Å². The van der Waals surface area contributed by atoms with Gasteiger partial charge in [0.1, 0.15) is 5.76 Å². The Morgan fingerprint density at radius 2 is 1.90 bits per heavy atom. The molecule has 1 aromatic heterocycles. The Balaban J connectivity index is 1.96. The fourth-order valence-corrected chi connectivity index (χ4v) is 2.86. The van der Waals surface area contributed by atoms with E-state index < -0.39 is 0 Å². The highest BCUT2D eigenvalue weighted by atomic mass is 16.3. The molecule has 3 nitrogen and oxygen atoms in total. The monoisotopic (exact) mass is 286 g/mol. The minimum Gasteiger partial charge on any atom is -0.468 e. The zero-order chi connectivity index (χ0) is 15.1. The van der Waals surface area contributed by atoms with E-state index >= 15 is 0 Å². The van der Waals surface area contributed by atoms with Crippen LogP contribution in [0.5, 0.6) is 0 Å². The van der Waals surface area contributed by atoms with Crippen molar-refractivity contribution in [2.24, 2.45) is 5.92 Å². The highest BCUT2D eigenvalue weighted by Gasteiger charge is 2.19. The number of furan rings is 1. The van der Waals surface area contributed by atoms with Crippen molar-refractivity contribution in [1.29, 1.82) is 0 Å². The van der Waals surface area contributed by atoms with E-state index in [0.29, 0.717) is 12.0 Å². The quantitative estimate of drug-likeness (QED) is 0.802. The van der Waals surface area contributed by atoms with E-state index in [4.69, 9.17) is 4.42 Å². The molecule has 0 saturated carbocycles. The Bertz CT molecular complexity index is 495. The van der Waals surface area contributed by atoms with Crippen LogP contribution in [0.2, 0.25) is 0 Å². The summed E-state index contributed by atoms with van der Waals surface area (Å²) in [5.41, 5.74) is 1.36. The molecule has 2 rings (SSSR count). The number of nitrogens with one attached hydrogen (secondary N) is 1. The van der Waals surface area contributed by atoms with Crippen LogP contribution in [-0.4, -0.2) is 25.0 Å². The van der Waals surface area contributed by atoms with E-state index in [1.165, 1.54) is 5.56 Å². The Labute approximate surface area is 128 Å². The maximum atomic E-state index is 5.42. The lowest BCUT2D eigenvalue weighted by molar-refractivity contribution is 0.228. The van der Waals surface area contributed by atoms with Crippen molar-refractivity contribution in [2.45, 2.75) is 26.4 Å². The summed E-state index contributed by atoms with van der Waals surface area (Å²) in [7, 11) is 2.15. The molecule has 114 valence electrons. The van der Waals surface area contributed by atoms with Gasteiger partial charge in [0.2, 0.25) is 0 Å². The standard InChI is InChI=1S/C18H26N2O/c1-4-19-18(16-9-6-5-7-10-16)15(2)13-20(3)14-17-11-8-12-21-17/h5-12,15,18-19H,4,13-14H2,1-3H3. The van der Waals surface area contributed by atoms with Crippen LogP contribution in [0, 0.1) is 5.92 Å². The van der Waals surface area contributed by atoms with Gasteiger partial charge in [-0.25, -0.2) is 0 Å². The van der Waals surface area contributed by atoms with Gasteiger partial charge in [-0.3, -0.25) is 4.90 Å². The van der Waals surface area contributed by atoms with Crippen molar-refractivity contribution in [3.8, 4) is 0 Å². The second-order valence-electron chi connectivity index (χ2n) is 5.70. The third kappa shape index (κ3) is 4.73. The lowest BCUT2D eigenvalue weighted by Crippen LogP contribution is -2.34. The van der Waals surface area contributed by atoms with Crippen LogP contribution in [-0.2, 0) is 6.54 Å². The summed E-state index contributed by atoms with van der Waals surface area (Å²) in [5, 5.41) is 3.61. The molecule has 1 aromatic carbocycles. The Morgan fingerprint density at radius 1 is 1.14 bits per heavy atom. The Kier molecular flexibility index (Phi) is 6.03. The largest absolute Gasteiger partial charge is 0.468 e. The predicted molar refractivity (Wildman–Crippen MR) is 87.1 cm³/mol. The van der Waals surface area contributed by atoms with Crippen LogP contribution in [0.4, 0.5) is 0 Å². The normalized spacial score (nSPS) is 14.3. The van der Waals surface area contributed by atoms with E-state index in [1.54, 1.807) is 6.26 Å². The van der Waals surface area contributed by atoms with Gasteiger partial charge in [0, 0.05) is 12.6 Å². The average Bonchev–Trinajstić information content (AvgIpc) is 2.98. The van der Waals surface area contributed by atoms with Gasteiger partial charge in [-0.05, 0) is 37.2 Å². The first kappa shape index (κ1) is 15.8. The van der Waals surface area contributed by atoms with Crippen LogP contribution in [0.3, 0.4) is 0 Å². The fourth-order valence-electron chi connectivity index (χ4n) is 2.86. The minimum absolute atomic E-state index is 0.384. The topological polar surface area (TPSA) is 28.4 Å². The second kappa shape index (κ2) is 8.01. The molecule has 3 heteroatoms. The molecule has 0 radical (unpaired) electrons. The molecule has 0 aliphatic heterocycles. The molecule has 0 bridgehead atoms. The summed E-state index contributed by atoms with van der Waals surface area (Å²) in [6, 6.07) is 15.1. The van der Waals surface area contributed by atoms with Gasteiger partial charge in [0.05, 0.1) is 12.8 Å². The molecule has 2 atom stereocenters. The Hall–Kier alpha value is -1.58. The maximum Gasteiger partial charge on any atom is 0.117 e. The number of nitrogens with zero attached hydrogens (tertiary/aromatic N) is 1. The molecule has 0 amide bonds. The minimum atomic E-state index is 0.384. The zero-order valence-electron chi connectivity index (χ0n) is 13.3.